The Bertz CT molecular complexity index is 1210. The molecule has 34 heavy (non-hydrogen) atoms. The number of rotatable bonds is 7. The lowest BCUT2D eigenvalue weighted by Crippen LogP contribution is -2.32. The van der Waals surface area contributed by atoms with E-state index in [1.165, 1.54) is 12.3 Å². The van der Waals surface area contributed by atoms with Crippen molar-refractivity contribution in [3.63, 3.8) is 0 Å². The van der Waals surface area contributed by atoms with E-state index in [2.05, 4.69) is 15.8 Å². The minimum absolute atomic E-state index is 0.213. The molecule has 0 fully saturated rings. The maximum Gasteiger partial charge on any atom is 0.343 e. The standard InChI is InChI=1S/C24H19Cl2N3O5/c1-2-33-21-13-15(3-12-20(21)34-24(32)16-4-6-17(25)7-5-16)14-27-29-23(31)22(30)28-19-10-8-18(26)9-11-19/h3-14H,2H2,1H3,(H,28,30)(H,29,31). The van der Waals surface area contributed by atoms with Crippen LogP contribution in [-0.2, 0) is 9.59 Å². The van der Waals surface area contributed by atoms with Crippen molar-refractivity contribution in [3.8, 4) is 11.5 Å². The molecule has 3 rings (SSSR count). The van der Waals surface area contributed by atoms with Gasteiger partial charge in [-0.1, -0.05) is 23.2 Å². The second kappa shape index (κ2) is 11.8. The highest BCUT2D eigenvalue weighted by Crippen LogP contribution is 2.29. The number of halogens is 2. The molecule has 0 aromatic heterocycles. The number of hydrogen-bond acceptors (Lipinski definition) is 6. The van der Waals surface area contributed by atoms with Gasteiger partial charge in [-0.05, 0) is 79.2 Å². The molecule has 8 nitrogen and oxygen atoms in total. The second-order valence-corrected chi connectivity index (χ2v) is 7.57. The van der Waals surface area contributed by atoms with Crippen molar-refractivity contribution < 1.29 is 23.9 Å². The lowest BCUT2D eigenvalue weighted by atomic mass is 10.2. The third-order valence-electron chi connectivity index (χ3n) is 4.24. The largest absolute Gasteiger partial charge is 0.490 e. The number of nitrogens with one attached hydrogen (secondary N) is 2. The monoisotopic (exact) mass is 499 g/mol. The maximum atomic E-state index is 12.4. The average Bonchev–Trinajstić information content (AvgIpc) is 2.82. The molecular formula is C24H19Cl2N3O5. The molecule has 10 heteroatoms. The molecule has 0 aliphatic heterocycles. The smallest absolute Gasteiger partial charge is 0.343 e. The van der Waals surface area contributed by atoms with Crippen LogP contribution >= 0.6 is 23.2 Å². The molecule has 0 saturated carbocycles. The van der Waals surface area contributed by atoms with Gasteiger partial charge in [0.15, 0.2) is 11.5 Å². The number of hydrogen-bond donors (Lipinski definition) is 2. The third kappa shape index (κ3) is 7.06. The van der Waals surface area contributed by atoms with Gasteiger partial charge in [0.1, 0.15) is 0 Å². The molecule has 0 radical (unpaired) electrons. The van der Waals surface area contributed by atoms with Crippen LogP contribution in [0.15, 0.2) is 71.8 Å². The molecule has 0 heterocycles. The van der Waals surface area contributed by atoms with Gasteiger partial charge in [-0.3, -0.25) is 9.59 Å². The van der Waals surface area contributed by atoms with Gasteiger partial charge in [-0.2, -0.15) is 5.10 Å². The zero-order valence-corrected chi connectivity index (χ0v) is 19.4. The van der Waals surface area contributed by atoms with Crippen molar-refractivity contribution >= 4 is 52.9 Å². The van der Waals surface area contributed by atoms with Crippen molar-refractivity contribution in [2.45, 2.75) is 6.92 Å². The summed E-state index contributed by atoms with van der Waals surface area (Å²) in [6.07, 6.45) is 1.32. The minimum atomic E-state index is -0.954. The lowest BCUT2D eigenvalue weighted by Gasteiger charge is -2.11. The summed E-state index contributed by atoms with van der Waals surface area (Å²) < 4.78 is 11.0. The highest BCUT2D eigenvalue weighted by atomic mass is 35.5. The topological polar surface area (TPSA) is 106 Å². The molecular weight excluding hydrogens is 481 g/mol. The Kier molecular flexibility index (Phi) is 8.61. The van der Waals surface area contributed by atoms with Gasteiger partial charge in [0, 0.05) is 15.7 Å². The Morgan fingerprint density at radius 3 is 2.18 bits per heavy atom. The van der Waals surface area contributed by atoms with E-state index in [1.54, 1.807) is 67.6 Å². The molecule has 0 aliphatic rings. The van der Waals surface area contributed by atoms with Crippen LogP contribution < -0.4 is 20.2 Å². The number of anilines is 1. The molecule has 174 valence electrons. The van der Waals surface area contributed by atoms with Gasteiger partial charge in [0.2, 0.25) is 0 Å². The first kappa shape index (κ1) is 24.8. The zero-order chi connectivity index (χ0) is 24.5. The summed E-state index contributed by atoms with van der Waals surface area (Å²) in [6, 6.07) is 17.3. The van der Waals surface area contributed by atoms with Crippen LogP contribution in [-0.4, -0.2) is 30.6 Å². The summed E-state index contributed by atoms with van der Waals surface area (Å²) in [5.41, 5.74) is 3.42. The molecule has 2 N–H and O–H groups in total. The van der Waals surface area contributed by atoms with Gasteiger partial charge in [0.25, 0.3) is 0 Å². The predicted molar refractivity (Wildman–Crippen MR) is 130 cm³/mol. The SMILES string of the molecule is CCOc1cc(C=NNC(=O)C(=O)Nc2ccc(Cl)cc2)ccc1OC(=O)c1ccc(Cl)cc1. The fourth-order valence-corrected chi connectivity index (χ4v) is 2.89. The summed E-state index contributed by atoms with van der Waals surface area (Å²) in [5, 5.41) is 7.22. The minimum Gasteiger partial charge on any atom is -0.490 e. The Balaban J connectivity index is 1.62. The van der Waals surface area contributed by atoms with Crippen LogP contribution in [0.25, 0.3) is 0 Å². The highest BCUT2D eigenvalue weighted by Gasteiger charge is 2.14. The summed E-state index contributed by atoms with van der Waals surface area (Å²) in [7, 11) is 0. The fourth-order valence-electron chi connectivity index (χ4n) is 2.64. The van der Waals surface area contributed by atoms with E-state index in [1.807, 2.05) is 0 Å². The van der Waals surface area contributed by atoms with E-state index < -0.39 is 17.8 Å². The quantitative estimate of drug-likeness (QED) is 0.161. The van der Waals surface area contributed by atoms with E-state index >= 15 is 0 Å². The zero-order valence-electron chi connectivity index (χ0n) is 17.9. The predicted octanol–water partition coefficient (Wildman–Crippen LogP) is 4.70. The molecule has 3 aromatic rings. The number of nitrogens with zero attached hydrogens (tertiary/aromatic N) is 1. The Morgan fingerprint density at radius 1 is 0.882 bits per heavy atom. The van der Waals surface area contributed by atoms with Crippen molar-refractivity contribution in [1.82, 2.24) is 5.43 Å². The Labute approximate surface area is 205 Å². The summed E-state index contributed by atoms with van der Waals surface area (Å²) in [5.74, 6) is -1.90. The van der Waals surface area contributed by atoms with Crippen molar-refractivity contribution in [2.75, 3.05) is 11.9 Å². The third-order valence-corrected chi connectivity index (χ3v) is 4.74. The van der Waals surface area contributed by atoms with Crippen LogP contribution in [0.4, 0.5) is 5.69 Å². The number of esters is 1. The summed E-state index contributed by atoms with van der Waals surface area (Å²) in [4.78, 5) is 36.3. The number of benzene rings is 3. The molecule has 0 spiro atoms. The van der Waals surface area contributed by atoms with Crippen molar-refractivity contribution in [2.24, 2.45) is 5.10 Å². The van der Waals surface area contributed by atoms with E-state index in [0.29, 0.717) is 39.2 Å². The summed E-state index contributed by atoms with van der Waals surface area (Å²) in [6.45, 7) is 2.11. The summed E-state index contributed by atoms with van der Waals surface area (Å²) >= 11 is 11.6. The first-order chi connectivity index (χ1) is 16.4. The van der Waals surface area contributed by atoms with Gasteiger partial charge in [0.05, 0.1) is 18.4 Å². The number of carbonyl (C=O) groups is 3. The van der Waals surface area contributed by atoms with Gasteiger partial charge < -0.3 is 14.8 Å². The molecule has 3 aromatic carbocycles. The van der Waals surface area contributed by atoms with Crippen LogP contribution in [0.3, 0.4) is 0 Å². The van der Waals surface area contributed by atoms with Crippen LogP contribution in [0.2, 0.25) is 10.0 Å². The number of carbonyl (C=O) groups excluding carboxylic acids is 3. The van der Waals surface area contributed by atoms with Crippen molar-refractivity contribution in [1.29, 1.82) is 0 Å². The van der Waals surface area contributed by atoms with E-state index in [4.69, 9.17) is 32.7 Å². The van der Waals surface area contributed by atoms with Crippen LogP contribution in [0.5, 0.6) is 11.5 Å². The van der Waals surface area contributed by atoms with Crippen molar-refractivity contribution in [3.05, 3.63) is 87.9 Å². The van der Waals surface area contributed by atoms with E-state index in [9.17, 15) is 14.4 Å². The Morgan fingerprint density at radius 2 is 1.53 bits per heavy atom. The molecule has 0 atom stereocenters. The number of hydrazone groups is 1. The molecule has 0 saturated heterocycles. The molecule has 0 unspecified atom stereocenters. The fraction of sp³-hybridized carbons (Fsp3) is 0.0833. The lowest BCUT2D eigenvalue weighted by molar-refractivity contribution is -0.136. The normalized spacial score (nSPS) is 10.6. The molecule has 2 amide bonds. The van der Waals surface area contributed by atoms with Gasteiger partial charge in [-0.25, -0.2) is 10.2 Å². The maximum absolute atomic E-state index is 12.4. The van der Waals surface area contributed by atoms with Gasteiger partial charge in [-0.15, -0.1) is 0 Å². The van der Waals surface area contributed by atoms with E-state index in [-0.39, 0.29) is 5.75 Å². The van der Waals surface area contributed by atoms with Crippen LogP contribution in [0.1, 0.15) is 22.8 Å². The van der Waals surface area contributed by atoms with E-state index in [0.717, 1.165) is 0 Å². The van der Waals surface area contributed by atoms with Crippen LogP contribution in [0, 0.1) is 0 Å². The first-order valence-electron chi connectivity index (χ1n) is 10.00. The highest BCUT2D eigenvalue weighted by molar-refractivity contribution is 6.39. The number of amides is 2. The Hall–Kier alpha value is -3.88. The first-order valence-corrected chi connectivity index (χ1v) is 10.8. The average molecular weight is 500 g/mol. The van der Waals surface area contributed by atoms with Gasteiger partial charge >= 0.3 is 17.8 Å². The molecule has 0 aliphatic carbocycles. The number of ether oxygens (including phenoxy) is 2. The molecule has 0 bridgehead atoms. The second-order valence-electron chi connectivity index (χ2n) is 6.70.